The van der Waals surface area contributed by atoms with Crippen LogP contribution in [0.1, 0.15) is 21.7 Å². The van der Waals surface area contributed by atoms with Gasteiger partial charge in [-0.25, -0.2) is 0 Å². The fraction of sp³-hybridized carbons (Fsp3) is 0.167. The molecule has 0 bridgehead atoms. The van der Waals surface area contributed by atoms with Crippen LogP contribution < -0.4 is 0 Å². The lowest BCUT2D eigenvalue weighted by Crippen LogP contribution is -2.21. The highest BCUT2D eigenvalue weighted by molar-refractivity contribution is 6.30. The number of aromatic nitrogens is 2. The molecule has 0 saturated heterocycles. The van der Waals surface area contributed by atoms with E-state index < -0.39 is 0 Å². The average Bonchev–Trinajstić information content (AvgIpc) is 3.05. The minimum atomic E-state index is -0.0715. The van der Waals surface area contributed by atoms with Gasteiger partial charge in [0.2, 0.25) is 0 Å². The van der Waals surface area contributed by atoms with Crippen molar-refractivity contribution in [2.24, 2.45) is 0 Å². The van der Waals surface area contributed by atoms with Gasteiger partial charge in [-0.3, -0.25) is 4.79 Å². The predicted octanol–water partition coefficient (Wildman–Crippen LogP) is 3.68. The van der Waals surface area contributed by atoms with Crippen LogP contribution in [0.4, 0.5) is 0 Å². The third-order valence-electron chi connectivity index (χ3n) is 3.51. The first-order valence-corrected chi connectivity index (χ1v) is 7.80. The molecule has 0 N–H and O–H groups in total. The van der Waals surface area contributed by atoms with Crippen molar-refractivity contribution in [3.8, 4) is 11.5 Å². The molecule has 0 unspecified atom stereocenters. The van der Waals surface area contributed by atoms with Gasteiger partial charge < -0.3 is 9.42 Å². The predicted molar refractivity (Wildman–Crippen MR) is 92.0 cm³/mol. The molecular weight excluding hydrogens is 326 g/mol. The Hall–Kier alpha value is -2.66. The third-order valence-corrected chi connectivity index (χ3v) is 3.76. The van der Waals surface area contributed by atoms with Crippen molar-refractivity contribution in [3.63, 3.8) is 0 Å². The molecule has 1 heterocycles. The van der Waals surface area contributed by atoms with Gasteiger partial charge in [0.15, 0.2) is 5.82 Å². The van der Waals surface area contributed by atoms with Crippen LogP contribution in [0.15, 0.2) is 53.1 Å². The van der Waals surface area contributed by atoms with Gasteiger partial charge in [-0.1, -0.05) is 35.0 Å². The molecule has 6 heteroatoms. The highest BCUT2D eigenvalue weighted by Crippen LogP contribution is 2.20. The van der Waals surface area contributed by atoms with Gasteiger partial charge >= 0.3 is 0 Å². The summed E-state index contributed by atoms with van der Waals surface area (Å²) in [6.45, 7) is 0. The molecule has 0 aliphatic rings. The van der Waals surface area contributed by atoms with Crippen molar-refractivity contribution in [2.45, 2.75) is 6.42 Å². The summed E-state index contributed by atoms with van der Waals surface area (Å²) in [6.07, 6.45) is 0.553. The number of amides is 1. The van der Waals surface area contributed by atoms with E-state index in [9.17, 15) is 4.79 Å². The molecule has 1 aromatic heterocycles. The molecule has 3 rings (SSSR count). The first-order chi connectivity index (χ1) is 11.5. The molecule has 2 aromatic carbocycles. The second-order valence-electron chi connectivity index (χ2n) is 5.60. The molecule has 3 aromatic rings. The molecule has 0 radical (unpaired) electrons. The van der Waals surface area contributed by atoms with Gasteiger partial charge in [-0.2, -0.15) is 4.98 Å². The Morgan fingerprint density at radius 3 is 2.62 bits per heavy atom. The van der Waals surface area contributed by atoms with Crippen LogP contribution in [0, 0.1) is 0 Å². The normalized spacial score (nSPS) is 10.6. The van der Waals surface area contributed by atoms with E-state index in [0.29, 0.717) is 28.7 Å². The van der Waals surface area contributed by atoms with Gasteiger partial charge in [-0.15, -0.1) is 0 Å². The Kier molecular flexibility index (Phi) is 4.62. The van der Waals surface area contributed by atoms with E-state index in [-0.39, 0.29) is 5.91 Å². The van der Waals surface area contributed by atoms with Crippen LogP contribution in [0.3, 0.4) is 0 Å². The highest BCUT2D eigenvalue weighted by Gasteiger charge is 2.13. The van der Waals surface area contributed by atoms with Crippen LogP contribution in [-0.4, -0.2) is 35.0 Å². The van der Waals surface area contributed by atoms with Crippen LogP contribution in [-0.2, 0) is 6.42 Å². The number of carbonyl (C=O) groups is 1. The van der Waals surface area contributed by atoms with Gasteiger partial charge in [0, 0.05) is 36.7 Å². The second kappa shape index (κ2) is 6.84. The van der Waals surface area contributed by atoms with Gasteiger partial charge in [0.05, 0.1) is 0 Å². The number of nitrogens with zero attached hydrogens (tertiary/aromatic N) is 3. The average molecular weight is 342 g/mol. The van der Waals surface area contributed by atoms with Crippen molar-refractivity contribution in [3.05, 3.63) is 70.5 Å². The quantitative estimate of drug-likeness (QED) is 0.726. The molecule has 0 spiro atoms. The summed E-state index contributed by atoms with van der Waals surface area (Å²) in [5.41, 5.74) is 2.34. The molecule has 122 valence electrons. The zero-order valence-electron chi connectivity index (χ0n) is 13.4. The minimum absolute atomic E-state index is 0.0715. The van der Waals surface area contributed by atoms with Crippen molar-refractivity contribution >= 4 is 17.5 Å². The number of benzene rings is 2. The molecule has 0 atom stereocenters. The molecule has 0 saturated carbocycles. The summed E-state index contributed by atoms with van der Waals surface area (Å²) in [4.78, 5) is 18.0. The summed E-state index contributed by atoms with van der Waals surface area (Å²) in [5, 5.41) is 4.70. The van der Waals surface area contributed by atoms with E-state index in [4.69, 9.17) is 16.1 Å². The third kappa shape index (κ3) is 3.63. The summed E-state index contributed by atoms with van der Waals surface area (Å²) >= 11 is 5.88. The fourth-order valence-electron chi connectivity index (χ4n) is 2.27. The van der Waals surface area contributed by atoms with Crippen molar-refractivity contribution < 1.29 is 9.32 Å². The van der Waals surface area contributed by atoms with Crippen LogP contribution in [0.5, 0.6) is 0 Å². The molecule has 0 aliphatic heterocycles. The summed E-state index contributed by atoms with van der Waals surface area (Å²) in [5.74, 6) is 0.904. The molecule has 1 amide bonds. The Morgan fingerprint density at radius 1 is 1.17 bits per heavy atom. The Bertz CT molecular complexity index is 857. The SMILES string of the molecule is CN(C)C(=O)c1cccc(-c2nc(Cc3ccc(Cl)cc3)no2)c1. The number of hydrogen-bond acceptors (Lipinski definition) is 4. The standard InChI is InChI=1S/C18H16ClN3O2/c1-22(2)18(23)14-5-3-4-13(11-14)17-20-16(21-24-17)10-12-6-8-15(19)9-7-12/h3-9,11H,10H2,1-2H3. The number of carbonyl (C=O) groups excluding carboxylic acids is 1. The smallest absolute Gasteiger partial charge is 0.257 e. The van der Waals surface area contributed by atoms with E-state index >= 15 is 0 Å². The topological polar surface area (TPSA) is 59.2 Å². The van der Waals surface area contributed by atoms with Crippen LogP contribution >= 0.6 is 11.6 Å². The van der Waals surface area contributed by atoms with E-state index in [2.05, 4.69) is 10.1 Å². The Morgan fingerprint density at radius 2 is 1.92 bits per heavy atom. The van der Waals surface area contributed by atoms with Gasteiger partial charge in [0.25, 0.3) is 11.8 Å². The lowest BCUT2D eigenvalue weighted by atomic mass is 10.1. The maximum absolute atomic E-state index is 12.1. The monoisotopic (exact) mass is 341 g/mol. The summed E-state index contributed by atoms with van der Waals surface area (Å²) in [6, 6.07) is 14.7. The Labute approximate surface area is 144 Å². The van der Waals surface area contributed by atoms with E-state index in [1.807, 2.05) is 30.3 Å². The maximum atomic E-state index is 12.1. The van der Waals surface area contributed by atoms with Gasteiger partial charge in [0.1, 0.15) is 0 Å². The molecule has 0 aliphatic carbocycles. The zero-order chi connectivity index (χ0) is 17.1. The number of halogens is 1. The van der Waals surface area contributed by atoms with Crippen LogP contribution in [0.25, 0.3) is 11.5 Å². The van der Waals surface area contributed by atoms with Crippen molar-refractivity contribution in [1.29, 1.82) is 0 Å². The largest absolute Gasteiger partial charge is 0.345 e. The first-order valence-electron chi connectivity index (χ1n) is 7.42. The van der Waals surface area contributed by atoms with Crippen LogP contribution in [0.2, 0.25) is 5.02 Å². The Balaban J connectivity index is 1.81. The van der Waals surface area contributed by atoms with E-state index in [0.717, 1.165) is 11.1 Å². The summed E-state index contributed by atoms with van der Waals surface area (Å²) < 4.78 is 5.33. The number of rotatable bonds is 4. The maximum Gasteiger partial charge on any atom is 0.257 e. The van der Waals surface area contributed by atoms with Crippen molar-refractivity contribution in [1.82, 2.24) is 15.0 Å². The lowest BCUT2D eigenvalue weighted by molar-refractivity contribution is 0.0827. The molecule has 24 heavy (non-hydrogen) atoms. The molecular formula is C18H16ClN3O2. The second-order valence-corrected chi connectivity index (χ2v) is 6.04. The van der Waals surface area contributed by atoms with E-state index in [1.54, 1.807) is 32.3 Å². The molecule has 0 fully saturated rings. The van der Waals surface area contributed by atoms with Crippen molar-refractivity contribution in [2.75, 3.05) is 14.1 Å². The van der Waals surface area contributed by atoms with E-state index in [1.165, 1.54) is 4.90 Å². The fourth-order valence-corrected chi connectivity index (χ4v) is 2.40. The zero-order valence-corrected chi connectivity index (χ0v) is 14.1. The first kappa shape index (κ1) is 16.2. The highest BCUT2D eigenvalue weighted by atomic mass is 35.5. The lowest BCUT2D eigenvalue weighted by Gasteiger charge is -2.10. The molecule has 5 nitrogen and oxygen atoms in total. The number of hydrogen-bond donors (Lipinski definition) is 0. The summed E-state index contributed by atoms with van der Waals surface area (Å²) in [7, 11) is 3.43. The van der Waals surface area contributed by atoms with Gasteiger partial charge in [-0.05, 0) is 35.9 Å². The minimum Gasteiger partial charge on any atom is -0.345 e.